The second-order valence-corrected chi connectivity index (χ2v) is 9.59. The molecule has 5 rings (SSSR count). The molecule has 0 radical (unpaired) electrons. The van der Waals surface area contributed by atoms with E-state index in [2.05, 4.69) is 19.1 Å². The van der Waals surface area contributed by atoms with Crippen molar-refractivity contribution in [1.29, 1.82) is 0 Å². The van der Waals surface area contributed by atoms with Gasteiger partial charge in [0.15, 0.2) is 4.87 Å². The summed E-state index contributed by atoms with van der Waals surface area (Å²) in [5, 5.41) is 0. The number of anilines is 1. The number of amides is 2. The van der Waals surface area contributed by atoms with Gasteiger partial charge in [-0.05, 0) is 37.0 Å². The zero-order valence-corrected chi connectivity index (χ0v) is 17.6. The maximum atomic E-state index is 13.9. The first-order valence-corrected chi connectivity index (χ1v) is 11.5. The highest BCUT2D eigenvalue weighted by Crippen LogP contribution is 2.55. The van der Waals surface area contributed by atoms with Crippen molar-refractivity contribution in [2.45, 2.75) is 44.0 Å². The highest BCUT2D eigenvalue weighted by molar-refractivity contribution is 8.01. The molecule has 4 nitrogen and oxygen atoms in total. The molecule has 1 aliphatic carbocycles. The Hall–Kier alpha value is -2.27. The second kappa shape index (κ2) is 7.21. The maximum Gasteiger partial charge on any atom is 0.268 e. The summed E-state index contributed by atoms with van der Waals surface area (Å²) in [6, 6.07) is 16.2. The van der Waals surface area contributed by atoms with Crippen LogP contribution in [0.5, 0.6) is 0 Å². The molecule has 2 aliphatic heterocycles. The van der Waals surface area contributed by atoms with Crippen molar-refractivity contribution < 1.29 is 9.59 Å². The average Bonchev–Trinajstić information content (AvgIpc) is 3.47. The molecule has 2 heterocycles. The quantitative estimate of drug-likeness (QED) is 0.756. The van der Waals surface area contributed by atoms with Gasteiger partial charge in [-0.1, -0.05) is 55.3 Å². The SMILES string of the molecule is Cc1ccccc1CN1C(=O)[C@@]2(SCCN2C(=O)C2CCCC2)c2ccccc21. The number of aryl methyl sites for hydroxylation is 1. The third-order valence-corrected chi connectivity index (χ3v) is 8.08. The Labute approximate surface area is 176 Å². The fourth-order valence-corrected chi connectivity index (χ4v) is 6.56. The van der Waals surface area contributed by atoms with Crippen molar-refractivity contribution in [3.05, 3.63) is 65.2 Å². The van der Waals surface area contributed by atoms with Crippen LogP contribution < -0.4 is 4.90 Å². The van der Waals surface area contributed by atoms with E-state index in [1.807, 2.05) is 46.2 Å². The van der Waals surface area contributed by atoms with Gasteiger partial charge < -0.3 is 9.80 Å². The summed E-state index contributed by atoms with van der Waals surface area (Å²) in [4.78, 5) is 30.3. The van der Waals surface area contributed by atoms with Crippen molar-refractivity contribution >= 4 is 29.3 Å². The first-order valence-electron chi connectivity index (χ1n) is 10.5. The molecule has 0 bridgehead atoms. The lowest BCUT2D eigenvalue weighted by Gasteiger charge is -2.35. The summed E-state index contributed by atoms with van der Waals surface area (Å²) in [5.41, 5.74) is 4.24. The molecule has 0 N–H and O–H groups in total. The van der Waals surface area contributed by atoms with E-state index in [0.29, 0.717) is 13.1 Å². The smallest absolute Gasteiger partial charge is 0.268 e. The van der Waals surface area contributed by atoms with Gasteiger partial charge in [0.2, 0.25) is 5.91 Å². The van der Waals surface area contributed by atoms with Crippen LogP contribution in [0.25, 0.3) is 0 Å². The summed E-state index contributed by atoms with van der Waals surface area (Å²) in [6.07, 6.45) is 4.15. The number of para-hydroxylation sites is 1. The fourth-order valence-electron chi connectivity index (χ4n) is 5.10. The van der Waals surface area contributed by atoms with E-state index in [0.717, 1.165) is 48.3 Å². The van der Waals surface area contributed by atoms with Crippen LogP contribution in [0.15, 0.2) is 48.5 Å². The van der Waals surface area contributed by atoms with Gasteiger partial charge in [0.25, 0.3) is 5.91 Å². The molecule has 2 aromatic carbocycles. The molecule has 150 valence electrons. The van der Waals surface area contributed by atoms with Crippen LogP contribution in [0.2, 0.25) is 0 Å². The summed E-state index contributed by atoms with van der Waals surface area (Å²) in [5.74, 6) is 1.09. The molecule has 1 saturated carbocycles. The number of thioether (sulfide) groups is 1. The lowest BCUT2D eigenvalue weighted by atomic mass is 10.0. The number of carbonyl (C=O) groups excluding carboxylic acids is 2. The number of fused-ring (bicyclic) bond motifs is 2. The summed E-state index contributed by atoms with van der Waals surface area (Å²) < 4.78 is 0. The Morgan fingerprint density at radius 3 is 2.62 bits per heavy atom. The Balaban J connectivity index is 1.56. The van der Waals surface area contributed by atoms with Gasteiger partial charge in [-0.15, -0.1) is 11.8 Å². The number of hydrogen-bond acceptors (Lipinski definition) is 3. The predicted octanol–water partition coefficient (Wildman–Crippen LogP) is 4.46. The molecular weight excluding hydrogens is 380 g/mol. The van der Waals surface area contributed by atoms with Gasteiger partial charge >= 0.3 is 0 Å². The summed E-state index contributed by atoms with van der Waals surface area (Å²) in [6.45, 7) is 3.27. The molecule has 1 spiro atoms. The molecule has 0 aromatic heterocycles. The average molecular weight is 407 g/mol. The van der Waals surface area contributed by atoms with Crippen molar-refractivity contribution in [3.8, 4) is 0 Å². The summed E-state index contributed by atoms with van der Waals surface area (Å²) in [7, 11) is 0. The van der Waals surface area contributed by atoms with E-state index in [1.54, 1.807) is 11.8 Å². The monoisotopic (exact) mass is 406 g/mol. The van der Waals surface area contributed by atoms with Gasteiger partial charge in [0, 0.05) is 23.8 Å². The molecule has 2 amide bonds. The second-order valence-electron chi connectivity index (χ2n) is 8.30. The molecule has 2 aromatic rings. The van der Waals surface area contributed by atoms with Crippen LogP contribution in [0.3, 0.4) is 0 Å². The van der Waals surface area contributed by atoms with E-state index in [9.17, 15) is 9.59 Å². The Morgan fingerprint density at radius 1 is 1.10 bits per heavy atom. The highest BCUT2D eigenvalue weighted by atomic mass is 32.2. The third-order valence-electron chi connectivity index (χ3n) is 6.66. The molecule has 1 atom stereocenters. The minimum absolute atomic E-state index is 0.0378. The van der Waals surface area contributed by atoms with E-state index in [1.165, 1.54) is 5.56 Å². The Morgan fingerprint density at radius 2 is 1.83 bits per heavy atom. The van der Waals surface area contributed by atoms with Crippen LogP contribution in [-0.2, 0) is 21.0 Å². The standard InChI is InChI=1S/C24H26N2O2S/c1-17-8-2-3-11-19(17)16-25-21-13-7-6-12-20(21)24(23(25)28)26(14-15-29-24)22(27)18-9-4-5-10-18/h2-3,6-8,11-13,18H,4-5,9-10,14-16H2,1H3/t24-/m0/s1. The van der Waals surface area contributed by atoms with Gasteiger partial charge in [0.05, 0.1) is 12.2 Å². The van der Waals surface area contributed by atoms with Crippen LogP contribution in [-0.4, -0.2) is 29.0 Å². The van der Waals surface area contributed by atoms with Crippen LogP contribution in [0.1, 0.15) is 42.4 Å². The lowest BCUT2D eigenvalue weighted by Crippen LogP contribution is -2.51. The van der Waals surface area contributed by atoms with E-state index in [4.69, 9.17) is 0 Å². The van der Waals surface area contributed by atoms with Crippen molar-refractivity contribution in [2.75, 3.05) is 17.2 Å². The molecule has 0 unspecified atom stereocenters. The lowest BCUT2D eigenvalue weighted by molar-refractivity contribution is -0.143. The van der Waals surface area contributed by atoms with Gasteiger partial charge in [-0.3, -0.25) is 9.59 Å². The molecule has 29 heavy (non-hydrogen) atoms. The normalized spacial score (nSPS) is 24.0. The number of rotatable bonds is 3. The zero-order valence-electron chi connectivity index (χ0n) is 16.8. The Kier molecular flexibility index (Phi) is 4.66. The van der Waals surface area contributed by atoms with Crippen LogP contribution in [0.4, 0.5) is 5.69 Å². The number of benzene rings is 2. The van der Waals surface area contributed by atoms with E-state index in [-0.39, 0.29) is 17.7 Å². The number of hydrogen-bond donors (Lipinski definition) is 0. The molecule has 2 fully saturated rings. The molecule has 1 saturated heterocycles. The highest BCUT2D eigenvalue weighted by Gasteiger charge is 2.59. The van der Waals surface area contributed by atoms with Crippen molar-refractivity contribution in [2.24, 2.45) is 5.92 Å². The molecule has 5 heteroatoms. The summed E-state index contributed by atoms with van der Waals surface area (Å²) >= 11 is 1.63. The van der Waals surface area contributed by atoms with Crippen molar-refractivity contribution in [1.82, 2.24) is 4.90 Å². The first kappa shape index (κ1) is 18.7. The predicted molar refractivity (Wildman–Crippen MR) is 117 cm³/mol. The van der Waals surface area contributed by atoms with Crippen molar-refractivity contribution in [3.63, 3.8) is 0 Å². The zero-order chi connectivity index (χ0) is 20.0. The Bertz CT molecular complexity index is 969. The number of carbonyl (C=O) groups is 2. The topological polar surface area (TPSA) is 40.6 Å². The van der Waals surface area contributed by atoms with Gasteiger partial charge in [0.1, 0.15) is 0 Å². The largest absolute Gasteiger partial charge is 0.315 e. The third kappa shape index (κ3) is 2.82. The number of nitrogens with zero attached hydrogens (tertiary/aromatic N) is 2. The maximum absolute atomic E-state index is 13.9. The fraction of sp³-hybridized carbons (Fsp3) is 0.417. The van der Waals surface area contributed by atoms with Crippen LogP contribution >= 0.6 is 11.8 Å². The van der Waals surface area contributed by atoms with E-state index < -0.39 is 4.87 Å². The van der Waals surface area contributed by atoms with Gasteiger partial charge in [-0.2, -0.15) is 0 Å². The van der Waals surface area contributed by atoms with E-state index >= 15 is 0 Å². The first-order chi connectivity index (χ1) is 14.1. The van der Waals surface area contributed by atoms with Gasteiger partial charge in [-0.25, -0.2) is 0 Å². The molecular formula is C24H26N2O2S. The minimum Gasteiger partial charge on any atom is -0.315 e. The molecule has 3 aliphatic rings. The minimum atomic E-state index is -0.890. The van der Waals surface area contributed by atoms with Crippen LogP contribution in [0, 0.1) is 12.8 Å².